The molecule has 0 aliphatic rings. The Morgan fingerprint density at radius 2 is 2.00 bits per heavy atom. The summed E-state index contributed by atoms with van der Waals surface area (Å²) in [5.41, 5.74) is 1.92. The Hall–Kier alpha value is -1.28. The Balaban J connectivity index is 2.23. The molecule has 0 saturated heterocycles. The zero-order chi connectivity index (χ0) is 15.5. The number of thiophene rings is 1. The highest BCUT2D eigenvalue weighted by Crippen LogP contribution is 2.28. The quantitative estimate of drug-likeness (QED) is 0.882. The van der Waals surface area contributed by atoms with E-state index < -0.39 is 10.0 Å². The van der Waals surface area contributed by atoms with Crippen molar-refractivity contribution in [3.63, 3.8) is 0 Å². The largest absolute Gasteiger partial charge is 0.315 e. The fourth-order valence-corrected chi connectivity index (χ4v) is 4.91. The van der Waals surface area contributed by atoms with Gasteiger partial charge >= 0.3 is 0 Å². The average Bonchev–Trinajstić information content (AvgIpc) is 2.82. The lowest BCUT2D eigenvalue weighted by atomic mass is 10.3. The number of aryl methyl sites for hydroxylation is 1. The van der Waals surface area contributed by atoms with Crippen molar-refractivity contribution in [1.82, 2.24) is 14.6 Å². The Labute approximate surface area is 129 Å². The minimum Gasteiger partial charge on any atom is -0.315 e. The lowest BCUT2D eigenvalue weighted by Crippen LogP contribution is -2.25. The first kappa shape index (κ1) is 16.1. The van der Waals surface area contributed by atoms with Gasteiger partial charge in [-0.15, -0.1) is 11.3 Å². The molecule has 0 atom stereocenters. The van der Waals surface area contributed by atoms with Crippen LogP contribution in [0.5, 0.6) is 0 Å². The molecule has 2 aromatic rings. The van der Waals surface area contributed by atoms with Crippen LogP contribution in [0.1, 0.15) is 16.0 Å². The molecule has 0 radical (unpaired) electrons. The van der Waals surface area contributed by atoms with Gasteiger partial charge in [0, 0.05) is 37.4 Å². The maximum absolute atomic E-state index is 12.6. The summed E-state index contributed by atoms with van der Waals surface area (Å²) < 4.78 is 27.0. The minimum absolute atomic E-state index is 0.336. The number of rotatable bonds is 6. The van der Waals surface area contributed by atoms with Crippen LogP contribution in [0.4, 0.5) is 0 Å². The lowest BCUT2D eigenvalue weighted by Gasteiger charge is -2.15. The van der Waals surface area contributed by atoms with Crippen molar-refractivity contribution < 1.29 is 8.42 Å². The van der Waals surface area contributed by atoms with Crippen LogP contribution in [0.25, 0.3) is 0 Å². The van der Waals surface area contributed by atoms with Crippen molar-refractivity contribution >= 4 is 21.4 Å². The highest BCUT2D eigenvalue weighted by Gasteiger charge is 2.24. The van der Waals surface area contributed by atoms with Gasteiger partial charge in [0.2, 0.25) is 0 Å². The third-order valence-corrected chi connectivity index (χ3v) is 6.64. The molecule has 21 heavy (non-hydrogen) atoms. The predicted molar refractivity (Wildman–Crippen MR) is 84.7 cm³/mol. The fourth-order valence-electron chi connectivity index (χ4n) is 1.94. The first-order valence-electron chi connectivity index (χ1n) is 6.54. The first-order valence-corrected chi connectivity index (χ1v) is 8.80. The SMILES string of the molecule is CNCc1sc(S(=O)(=O)N(C)Cc2ccncc2)cc1C. The molecule has 0 aromatic carbocycles. The second-order valence-corrected chi connectivity index (χ2v) is 8.23. The third-order valence-electron chi connectivity index (χ3n) is 3.15. The van der Waals surface area contributed by atoms with Crippen molar-refractivity contribution in [2.45, 2.75) is 24.2 Å². The summed E-state index contributed by atoms with van der Waals surface area (Å²) in [6, 6.07) is 5.38. The second-order valence-electron chi connectivity index (χ2n) is 4.82. The molecular formula is C14H19N3O2S2. The molecule has 7 heteroatoms. The van der Waals surface area contributed by atoms with Crippen LogP contribution in [0.2, 0.25) is 0 Å². The topological polar surface area (TPSA) is 62.3 Å². The van der Waals surface area contributed by atoms with Crippen LogP contribution >= 0.6 is 11.3 Å². The van der Waals surface area contributed by atoms with Gasteiger partial charge in [-0.25, -0.2) is 8.42 Å². The standard InChI is InChI=1S/C14H19N3O2S2/c1-11-8-14(20-13(11)9-15-2)21(18,19)17(3)10-12-4-6-16-7-5-12/h4-8,15H,9-10H2,1-3H3. The van der Waals surface area contributed by atoms with Gasteiger partial charge in [0.25, 0.3) is 10.0 Å². The molecule has 0 fully saturated rings. The number of nitrogens with one attached hydrogen (secondary N) is 1. The molecule has 2 aromatic heterocycles. The van der Waals surface area contributed by atoms with Gasteiger partial charge in [0.15, 0.2) is 0 Å². The van der Waals surface area contributed by atoms with Gasteiger partial charge in [0.05, 0.1) is 0 Å². The number of pyridine rings is 1. The zero-order valence-electron chi connectivity index (χ0n) is 12.3. The van der Waals surface area contributed by atoms with Gasteiger partial charge in [-0.1, -0.05) is 0 Å². The van der Waals surface area contributed by atoms with Gasteiger partial charge in [0.1, 0.15) is 4.21 Å². The van der Waals surface area contributed by atoms with E-state index in [0.717, 1.165) is 16.0 Å². The maximum Gasteiger partial charge on any atom is 0.252 e. The highest BCUT2D eigenvalue weighted by atomic mass is 32.2. The molecular weight excluding hydrogens is 306 g/mol. The Bertz CT molecular complexity index is 696. The minimum atomic E-state index is -3.45. The second kappa shape index (κ2) is 6.65. The summed E-state index contributed by atoms with van der Waals surface area (Å²) in [4.78, 5) is 4.98. The zero-order valence-corrected chi connectivity index (χ0v) is 14.0. The van der Waals surface area contributed by atoms with Crippen LogP contribution in [-0.2, 0) is 23.1 Å². The number of aromatic nitrogens is 1. The monoisotopic (exact) mass is 325 g/mol. The normalized spacial score (nSPS) is 12.0. The third kappa shape index (κ3) is 3.68. The number of hydrogen-bond donors (Lipinski definition) is 1. The molecule has 5 nitrogen and oxygen atoms in total. The van der Waals surface area contributed by atoms with Crippen LogP contribution < -0.4 is 5.32 Å². The van der Waals surface area contributed by atoms with Crippen molar-refractivity contribution in [3.8, 4) is 0 Å². The molecule has 0 unspecified atom stereocenters. The van der Waals surface area contributed by atoms with E-state index in [1.165, 1.54) is 15.6 Å². The van der Waals surface area contributed by atoms with Gasteiger partial charge in [-0.2, -0.15) is 4.31 Å². The molecule has 0 bridgehead atoms. The summed E-state index contributed by atoms with van der Waals surface area (Å²) in [6.07, 6.45) is 3.33. The van der Waals surface area contributed by atoms with Crippen LogP contribution in [0.3, 0.4) is 0 Å². The van der Waals surface area contributed by atoms with E-state index >= 15 is 0 Å². The summed E-state index contributed by atoms with van der Waals surface area (Å²) in [5, 5.41) is 3.05. The number of nitrogens with zero attached hydrogens (tertiary/aromatic N) is 2. The predicted octanol–water partition coefficient (Wildman–Crippen LogP) is 1.99. The van der Waals surface area contributed by atoms with E-state index in [1.807, 2.05) is 26.1 Å². The molecule has 2 rings (SSSR count). The van der Waals surface area contributed by atoms with Crippen LogP contribution in [0.15, 0.2) is 34.8 Å². The Morgan fingerprint density at radius 1 is 1.33 bits per heavy atom. The van der Waals surface area contributed by atoms with Crippen molar-refractivity contribution in [3.05, 3.63) is 46.6 Å². The molecule has 0 aliphatic carbocycles. The molecule has 0 amide bonds. The first-order chi connectivity index (χ1) is 9.95. The molecule has 114 valence electrons. The van der Waals surface area contributed by atoms with Crippen molar-refractivity contribution in [2.24, 2.45) is 0 Å². The highest BCUT2D eigenvalue weighted by molar-refractivity contribution is 7.91. The fraction of sp³-hybridized carbons (Fsp3) is 0.357. The van der Waals surface area contributed by atoms with E-state index in [9.17, 15) is 8.42 Å². The molecule has 0 aliphatic heterocycles. The van der Waals surface area contributed by atoms with E-state index in [4.69, 9.17) is 0 Å². The smallest absolute Gasteiger partial charge is 0.252 e. The Kier molecular flexibility index (Phi) is 5.10. The van der Waals surface area contributed by atoms with E-state index in [-0.39, 0.29) is 0 Å². The average molecular weight is 325 g/mol. The van der Waals surface area contributed by atoms with Crippen molar-refractivity contribution in [1.29, 1.82) is 0 Å². The maximum atomic E-state index is 12.6. The lowest BCUT2D eigenvalue weighted by molar-refractivity contribution is 0.468. The van der Waals surface area contributed by atoms with Gasteiger partial charge in [-0.3, -0.25) is 4.98 Å². The molecule has 0 saturated carbocycles. The van der Waals surface area contributed by atoms with Gasteiger partial charge < -0.3 is 5.32 Å². The Morgan fingerprint density at radius 3 is 2.62 bits per heavy atom. The van der Waals surface area contributed by atoms with E-state index in [2.05, 4.69) is 10.3 Å². The molecule has 2 heterocycles. The molecule has 0 spiro atoms. The van der Waals surface area contributed by atoms with Crippen LogP contribution in [0, 0.1) is 6.92 Å². The summed E-state index contributed by atoms with van der Waals surface area (Å²) in [7, 11) is -0.00363. The summed E-state index contributed by atoms with van der Waals surface area (Å²) in [6.45, 7) is 2.95. The van der Waals surface area contributed by atoms with Crippen LogP contribution in [-0.4, -0.2) is 31.8 Å². The molecule has 1 N–H and O–H groups in total. The van der Waals surface area contributed by atoms with E-state index in [0.29, 0.717) is 17.3 Å². The summed E-state index contributed by atoms with van der Waals surface area (Å²) >= 11 is 1.33. The summed E-state index contributed by atoms with van der Waals surface area (Å²) in [5.74, 6) is 0. The van der Waals surface area contributed by atoms with Gasteiger partial charge in [-0.05, 0) is 43.3 Å². The number of sulfonamides is 1. The van der Waals surface area contributed by atoms with E-state index in [1.54, 1.807) is 25.5 Å². The number of hydrogen-bond acceptors (Lipinski definition) is 5. The van der Waals surface area contributed by atoms with Crippen molar-refractivity contribution in [2.75, 3.05) is 14.1 Å².